The van der Waals surface area contributed by atoms with Gasteiger partial charge in [-0.2, -0.15) is 0 Å². The topological polar surface area (TPSA) is 139 Å². The molecule has 2 heterocycles. The first-order valence-electron chi connectivity index (χ1n) is 13.8. The molecule has 5 rings (SSSR count). The highest BCUT2D eigenvalue weighted by Gasteiger charge is 2.28. The van der Waals surface area contributed by atoms with Crippen molar-refractivity contribution in [1.29, 1.82) is 0 Å². The lowest BCUT2D eigenvalue weighted by molar-refractivity contribution is -0.384. The highest BCUT2D eigenvalue weighted by Crippen LogP contribution is 2.34. The maximum Gasteiger partial charge on any atom is 0.305 e. The first-order chi connectivity index (χ1) is 19.7. The summed E-state index contributed by atoms with van der Waals surface area (Å²) in [5.74, 6) is -0.474. The second kappa shape index (κ2) is 11.8. The number of nitrogens with one attached hydrogen (secondary N) is 2. The zero-order chi connectivity index (χ0) is 29.1. The molecule has 10 heteroatoms. The highest BCUT2D eigenvalue weighted by atomic mass is 16.6. The molecule has 1 aliphatic carbocycles. The SMILES string of the molecule is Cc1cccc(C)c1Nc1c(-c2ccc([N+](=O)[O-])cc2)nc2cc(C(=O)NC(CC(=O)O)C3CCCCC3)ccn12. The Kier molecular flexibility index (Phi) is 8.00. The summed E-state index contributed by atoms with van der Waals surface area (Å²) >= 11 is 0. The number of pyridine rings is 1. The Morgan fingerprint density at radius 2 is 1.76 bits per heavy atom. The van der Waals surface area contributed by atoms with Crippen molar-refractivity contribution in [2.24, 2.45) is 5.92 Å². The summed E-state index contributed by atoms with van der Waals surface area (Å²) in [6, 6.07) is 15.1. The number of rotatable bonds is 9. The summed E-state index contributed by atoms with van der Waals surface area (Å²) in [4.78, 5) is 40.5. The fourth-order valence-corrected chi connectivity index (χ4v) is 5.69. The molecule has 4 aromatic rings. The van der Waals surface area contributed by atoms with Crippen molar-refractivity contribution in [1.82, 2.24) is 14.7 Å². The van der Waals surface area contributed by atoms with E-state index in [1.807, 2.05) is 36.4 Å². The van der Waals surface area contributed by atoms with Crippen LogP contribution in [0.5, 0.6) is 0 Å². The number of benzene rings is 2. The van der Waals surface area contributed by atoms with E-state index < -0.39 is 16.9 Å². The number of aliphatic carboxylic acids is 1. The van der Waals surface area contributed by atoms with Gasteiger partial charge in [0.05, 0.1) is 11.3 Å². The summed E-state index contributed by atoms with van der Waals surface area (Å²) in [6.07, 6.45) is 6.67. The summed E-state index contributed by atoms with van der Waals surface area (Å²) in [5, 5.41) is 27.2. The summed E-state index contributed by atoms with van der Waals surface area (Å²) in [6.45, 7) is 4.01. The number of non-ortho nitro benzene ring substituents is 1. The second-order valence-electron chi connectivity index (χ2n) is 10.7. The van der Waals surface area contributed by atoms with Gasteiger partial charge >= 0.3 is 5.97 Å². The lowest BCUT2D eigenvalue weighted by Gasteiger charge is -2.30. The molecular formula is C31H33N5O5. The number of hydrogen-bond acceptors (Lipinski definition) is 6. The van der Waals surface area contributed by atoms with Crippen molar-refractivity contribution < 1.29 is 19.6 Å². The molecule has 2 aromatic heterocycles. The van der Waals surface area contributed by atoms with Gasteiger partial charge < -0.3 is 15.7 Å². The third-order valence-corrected chi connectivity index (χ3v) is 7.89. The number of nitro groups is 1. The number of para-hydroxylation sites is 1. The number of imidazole rings is 1. The number of aryl methyl sites for hydroxylation is 2. The zero-order valence-electron chi connectivity index (χ0n) is 23.1. The van der Waals surface area contributed by atoms with Gasteiger partial charge in [-0.3, -0.25) is 24.1 Å². The van der Waals surface area contributed by atoms with Gasteiger partial charge in [0.2, 0.25) is 0 Å². The minimum absolute atomic E-state index is 0.0189. The molecule has 1 aliphatic rings. The summed E-state index contributed by atoms with van der Waals surface area (Å²) in [7, 11) is 0. The monoisotopic (exact) mass is 555 g/mol. The number of carbonyl (C=O) groups excluding carboxylic acids is 1. The minimum atomic E-state index is -0.931. The summed E-state index contributed by atoms with van der Waals surface area (Å²) in [5.41, 5.74) is 5.12. The Balaban J connectivity index is 1.53. The van der Waals surface area contributed by atoms with Crippen LogP contribution in [0.25, 0.3) is 16.9 Å². The predicted molar refractivity (Wildman–Crippen MR) is 157 cm³/mol. The molecule has 1 fully saturated rings. The maximum atomic E-state index is 13.3. The first kappa shape index (κ1) is 27.8. The van der Waals surface area contributed by atoms with Crippen LogP contribution in [0.1, 0.15) is 60.0 Å². The average Bonchev–Trinajstić information content (AvgIpc) is 3.32. The van der Waals surface area contributed by atoms with E-state index in [0.29, 0.717) is 28.3 Å². The molecule has 10 nitrogen and oxygen atoms in total. The number of nitrogens with zero attached hydrogens (tertiary/aromatic N) is 3. The van der Waals surface area contributed by atoms with Crippen molar-refractivity contribution in [3.05, 3.63) is 87.6 Å². The molecule has 1 unspecified atom stereocenters. The normalized spacial score (nSPS) is 14.5. The Morgan fingerprint density at radius 1 is 1.07 bits per heavy atom. The zero-order valence-corrected chi connectivity index (χ0v) is 23.1. The van der Waals surface area contributed by atoms with Crippen LogP contribution in [0.15, 0.2) is 60.8 Å². The van der Waals surface area contributed by atoms with Crippen molar-refractivity contribution in [2.45, 2.75) is 58.4 Å². The van der Waals surface area contributed by atoms with Crippen molar-refractivity contribution in [2.75, 3.05) is 5.32 Å². The van der Waals surface area contributed by atoms with Gasteiger partial charge in [-0.15, -0.1) is 0 Å². The fourth-order valence-electron chi connectivity index (χ4n) is 5.69. The molecule has 3 N–H and O–H groups in total. The molecule has 41 heavy (non-hydrogen) atoms. The standard InChI is InChI=1S/C31H33N5O5/c1-19-7-6-8-20(2)28(19)34-30-29(22-11-13-24(14-12-22)36(40)41)33-26-17-23(15-16-35(26)30)31(39)32-25(18-27(37)38)21-9-4-3-5-10-21/h6-8,11-17,21,25,34H,3-5,9-10,18H2,1-2H3,(H,32,39)(H,37,38). The van der Waals surface area contributed by atoms with Crippen LogP contribution in [0.3, 0.4) is 0 Å². The Morgan fingerprint density at radius 3 is 2.39 bits per heavy atom. The van der Waals surface area contributed by atoms with Gasteiger partial charge in [-0.05, 0) is 68.0 Å². The molecule has 1 saturated carbocycles. The first-order valence-corrected chi connectivity index (χ1v) is 13.8. The molecule has 0 spiro atoms. The van der Waals surface area contributed by atoms with Crippen LogP contribution >= 0.6 is 0 Å². The third-order valence-electron chi connectivity index (χ3n) is 7.89. The van der Waals surface area contributed by atoms with E-state index in [0.717, 1.165) is 48.9 Å². The number of carboxylic acid groups (broad SMARTS) is 1. The molecule has 0 radical (unpaired) electrons. The van der Waals surface area contributed by atoms with Gasteiger partial charge in [0, 0.05) is 41.2 Å². The Labute approximate surface area is 237 Å². The van der Waals surface area contributed by atoms with E-state index in [9.17, 15) is 24.8 Å². The third kappa shape index (κ3) is 6.06. The minimum Gasteiger partial charge on any atom is -0.481 e. The van der Waals surface area contributed by atoms with E-state index in [-0.39, 0.29) is 23.9 Å². The van der Waals surface area contributed by atoms with E-state index >= 15 is 0 Å². The number of carboxylic acids is 1. The average molecular weight is 556 g/mol. The van der Waals surface area contributed by atoms with Gasteiger partial charge in [0.1, 0.15) is 17.2 Å². The smallest absolute Gasteiger partial charge is 0.305 e. The number of nitro benzene ring substituents is 1. The molecular weight excluding hydrogens is 522 g/mol. The molecule has 1 amide bonds. The molecule has 2 aromatic carbocycles. The van der Waals surface area contributed by atoms with Gasteiger partial charge in [0.15, 0.2) is 0 Å². The Hall–Kier alpha value is -4.73. The van der Waals surface area contributed by atoms with E-state index in [1.165, 1.54) is 12.1 Å². The van der Waals surface area contributed by atoms with Crippen molar-refractivity contribution in [3.63, 3.8) is 0 Å². The highest BCUT2D eigenvalue weighted by molar-refractivity contribution is 5.96. The molecule has 1 atom stereocenters. The number of hydrogen-bond donors (Lipinski definition) is 3. The molecule has 0 bridgehead atoms. The number of fused-ring (bicyclic) bond motifs is 1. The van der Waals surface area contributed by atoms with Crippen LogP contribution in [0.4, 0.5) is 17.2 Å². The van der Waals surface area contributed by atoms with E-state index in [2.05, 4.69) is 10.6 Å². The maximum absolute atomic E-state index is 13.3. The van der Waals surface area contributed by atoms with Crippen LogP contribution < -0.4 is 10.6 Å². The quantitative estimate of drug-likeness (QED) is 0.160. The molecule has 0 saturated heterocycles. The molecule has 0 aliphatic heterocycles. The Bertz CT molecular complexity index is 1590. The van der Waals surface area contributed by atoms with Crippen molar-refractivity contribution >= 4 is 34.7 Å². The lowest BCUT2D eigenvalue weighted by atomic mass is 9.82. The van der Waals surface area contributed by atoms with Crippen molar-refractivity contribution in [3.8, 4) is 11.3 Å². The van der Waals surface area contributed by atoms with Crippen LogP contribution in [0.2, 0.25) is 0 Å². The number of anilines is 2. The van der Waals surface area contributed by atoms with Gasteiger partial charge in [0.25, 0.3) is 11.6 Å². The molecule has 212 valence electrons. The van der Waals surface area contributed by atoms with E-state index in [4.69, 9.17) is 4.98 Å². The predicted octanol–water partition coefficient (Wildman–Crippen LogP) is 6.42. The lowest BCUT2D eigenvalue weighted by Crippen LogP contribution is -2.42. The van der Waals surface area contributed by atoms with Crippen LogP contribution in [-0.4, -0.2) is 37.3 Å². The number of aromatic nitrogens is 2. The van der Waals surface area contributed by atoms with E-state index in [1.54, 1.807) is 30.5 Å². The van der Waals surface area contributed by atoms with Crippen LogP contribution in [-0.2, 0) is 4.79 Å². The fraction of sp³-hybridized carbons (Fsp3) is 0.323. The van der Waals surface area contributed by atoms with Gasteiger partial charge in [-0.1, -0.05) is 37.5 Å². The number of carbonyl (C=O) groups is 2. The van der Waals surface area contributed by atoms with Crippen LogP contribution in [0, 0.1) is 29.9 Å². The van der Waals surface area contributed by atoms with Gasteiger partial charge in [-0.25, -0.2) is 4.98 Å². The largest absolute Gasteiger partial charge is 0.481 e. The summed E-state index contributed by atoms with van der Waals surface area (Å²) < 4.78 is 1.84. The second-order valence-corrected chi connectivity index (χ2v) is 10.7. The number of amides is 1.